The Kier molecular flexibility index (Phi) is 10.2. The highest BCUT2D eigenvalue weighted by atomic mass is 16.9. The summed E-state index contributed by atoms with van der Waals surface area (Å²) in [5, 5.41) is 40.3. The summed E-state index contributed by atoms with van der Waals surface area (Å²) in [5.74, 6) is 0. The van der Waals surface area contributed by atoms with Crippen LogP contribution in [0, 0.1) is 0 Å². The number of hydroxylamine groups is 4. The van der Waals surface area contributed by atoms with E-state index in [1.54, 1.807) is 27.7 Å². The van der Waals surface area contributed by atoms with E-state index in [0.717, 1.165) is 0 Å². The number of hydrogen-bond donors (Lipinski definition) is 4. The van der Waals surface area contributed by atoms with Crippen LogP contribution < -0.4 is 0 Å². The number of hydrogen-bond acceptors (Lipinski definition) is 9. The second-order valence-corrected chi connectivity index (χ2v) is 4.71. The van der Waals surface area contributed by atoms with Gasteiger partial charge in [-0.1, -0.05) is 37.8 Å². The maximum absolute atomic E-state index is 11.8. The smallest absolute Gasteiger partial charge is 0.375 e. The molecular weight excluding hydrogens is 296 g/mol. The predicted octanol–water partition coefficient (Wildman–Crippen LogP) is 0.487. The van der Waals surface area contributed by atoms with Gasteiger partial charge in [0.25, 0.3) is 0 Å². The normalized spacial score (nSPS) is 17.2. The Balaban J connectivity index is 4.84. The average Bonchev–Trinajstić information content (AvgIpc) is 2.54. The van der Waals surface area contributed by atoms with Crippen molar-refractivity contribution in [2.75, 3.05) is 0 Å². The molecule has 0 aromatic rings. The molecule has 0 saturated heterocycles. The molecule has 4 N–H and O–H groups in total. The molecule has 132 valence electrons. The van der Waals surface area contributed by atoms with E-state index in [2.05, 4.69) is 0 Å². The second kappa shape index (κ2) is 10.7. The number of carbonyl (C=O) groups excluding carboxylic acids is 1. The molecule has 0 aromatic carbocycles. The molecule has 4 unspecified atom stereocenters. The van der Waals surface area contributed by atoms with Crippen LogP contribution in [-0.4, -0.2) is 61.6 Å². The molecule has 0 saturated carbocycles. The molecular formula is C13H28N2O7. The highest BCUT2D eigenvalue weighted by Gasteiger charge is 2.30. The van der Waals surface area contributed by atoms with E-state index >= 15 is 0 Å². The molecule has 0 radical (unpaired) electrons. The second-order valence-electron chi connectivity index (χ2n) is 4.71. The van der Waals surface area contributed by atoms with Gasteiger partial charge in [-0.05, 0) is 25.7 Å². The van der Waals surface area contributed by atoms with Gasteiger partial charge in [-0.15, -0.1) is 0 Å². The first-order valence-corrected chi connectivity index (χ1v) is 7.50. The van der Waals surface area contributed by atoms with Gasteiger partial charge in [0.1, 0.15) is 24.9 Å². The summed E-state index contributed by atoms with van der Waals surface area (Å²) in [6.07, 6.45) is -5.25. The van der Waals surface area contributed by atoms with Crippen LogP contribution in [0.3, 0.4) is 0 Å². The standard InChI is InChI=1S/C13H28N2O7/c1-5-9(16)14(10(17)6-2)21-13(20)22-15(11(18)7-3)12(19)8-4/h9-12,16-19H,5-8H2,1-4H3. The van der Waals surface area contributed by atoms with E-state index in [-0.39, 0.29) is 25.7 Å². The van der Waals surface area contributed by atoms with Crippen molar-refractivity contribution in [3.8, 4) is 0 Å². The highest BCUT2D eigenvalue weighted by molar-refractivity contribution is 5.59. The lowest BCUT2D eigenvalue weighted by Gasteiger charge is -2.32. The van der Waals surface area contributed by atoms with Gasteiger partial charge in [0, 0.05) is 0 Å². The van der Waals surface area contributed by atoms with E-state index in [4.69, 9.17) is 9.68 Å². The van der Waals surface area contributed by atoms with Crippen molar-refractivity contribution in [1.82, 2.24) is 10.1 Å². The molecule has 0 rings (SSSR count). The van der Waals surface area contributed by atoms with Crippen LogP contribution in [0.15, 0.2) is 0 Å². The molecule has 22 heavy (non-hydrogen) atoms. The molecule has 0 aliphatic rings. The Morgan fingerprint density at radius 3 is 1.14 bits per heavy atom. The summed E-state index contributed by atoms with van der Waals surface area (Å²) >= 11 is 0. The Labute approximate surface area is 130 Å². The van der Waals surface area contributed by atoms with Gasteiger partial charge in [-0.25, -0.2) is 0 Å². The van der Waals surface area contributed by atoms with Crippen LogP contribution in [0.5, 0.6) is 0 Å². The Hall–Kier alpha value is -0.970. The van der Waals surface area contributed by atoms with E-state index in [9.17, 15) is 25.2 Å². The lowest BCUT2D eigenvalue weighted by atomic mass is 10.3. The molecule has 0 spiro atoms. The summed E-state index contributed by atoms with van der Waals surface area (Å²) in [6, 6.07) is 0. The van der Waals surface area contributed by atoms with E-state index in [1.807, 2.05) is 0 Å². The summed E-state index contributed by atoms with van der Waals surface area (Å²) in [6.45, 7) is 6.57. The zero-order chi connectivity index (χ0) is 17.3. The molecule has 0 bridgehead atoms. The molecule has 0 fully saturated rings. The van der Waals surface area contributed by atoms with Gasteiger partial charge in [0.2, 0.25) is 0 Å². The number of aliphatic hydroxyl groups excluding tert-OH is 4. The van der Waals surface area contributed by atoms with Crippen molar-refractivity contribution >= 4 is 6.16 Å². The van der Waals surface area contributed by atoms with Gasteiger partial charge in [0.05, 0.1) is 0 Å². The summed E-state index contributed by atoms with van der Waals surface area (Å²) in [5.41, 5.74) is 0. The number of rotatable bonds is 10. The molecule has 0 aromatic heterocycles. The molecule has 9 heteroatoms. The first kappa shape index (κ1) is 21.0. The molecule has 9 nitrogen and oxygen atoms in total. The van der Waals surface area contributed by atoms with Crippen LogP contribution in [0.4, 0.5) is 4.79 Å². The summed E-state index contributed by atoms with van der Waals surface area (Å²) in [7, 11) is 0. The largest absolute Gasteiger partial charge is 0.548 e. The lowest BCUT2D eigenvalue weighted by molar-refractivity contribution is -0.318. The SMILES string of the molecule is CCC(O)N(OC(=O)ON(C(O)CC)C(O)CC)C(O)CC. The third kappa shape index (κ3) is 6.42. The number of nitrogens with zero attached hydrogens (tertiary/aromatic N) is 2. The molecule has 0 amide bonds. The summed E-state index contributed by atoms with van der Waals surface area (Å²) in [4.78, 5) is 21.3. The van der Waals surface area contributed by atoms with Crippen molar-refractivity contribution in [3.63, 3.8) is 0 Å². The third-order valence-electron chi connectivity index (χ3n) is 3.00. The van der Waals surface area contributed by atoms with Crippen LogP contribution in [0.1, 0.15) is 53.4 Å². The molecule has 0 heterocycles. The lowest BCUT2D eigenvalue weighted by Crippen LogP contribution is -2.48. The average molecular weight is 324 g/mol. The first-order valence-electron chi connectivity index (χ1n) is 7.50. The fraction of sp³-hybridized carbons (Fsp3) is 0.923. The van der Waals surface area contributed by atoms with Crippen LogP contribution in [0.2, 0.25) is 0 Å². The first-order chi connectivity index (χ1) is 10.3. The third-order valence-corrected chi connectivity index (χ3v) is 3.00. The van der Waals surface area contributed by atoms with Crippen molar-refractivity contribution in [3.05, 3.63) is 0 Å². The quantitative estimate of drug-likeness (QED) is 0.336. The van der Waals surface area contributed by atoms with E-state index in [1.165, 1.54) is 0 Å². The number of carbonyl (C=O) groups is 1. The maximum Gasteiger partial charge on any atom is 0.548 e. The van der Waals surface area contributed by atoms with Crippen LogP contribution in [0.25, 0.3) is 0 Å². The van der Waals surface area contributed by atoms with Gasteiger partial charge >= 0.3 is 6.16 Å². The molecule has 0 aliphatic carbocycles. The van der Waals surface area contributed by atoms with Crippen LogP contribution >= 0.6 is 0 Å². The van der Waals surface area contributed by atoms with Crippen molar-refractivity contribution in [2.24, 2.45) is 0 Å². The zero-order valence-electron chi connectivity index (χ0n) is 13.5. The monoisotopic (exact) mass is 324 g/mol. The van der Waals surface area contributed by atoms with Gasteiger partial charge in [-0.3, -0.25) is 0 Å². The van der Waals surface area contributed by atoms with Crippen molar-refractivity contribution in [2.45, 2.75) is 78.3 Å². The minimum atomic E-state index is -1.28. The highest BCUT2D eigenvalue weighted by Crippen LogP contribution is 2.14. The topological polar surface area (TPSA) is 123 Å². The zero-order valence-corrected chi connectivity index (χ0v) is 13.5. The van der Waals surface area contributed by atoms with E-state index < -0.39 is 31.1 Å². The Morgan fingerprint density at radius 1 is 0.727 bits per heavy atom. The van der Waals surface area contributed by atoms with Crippen LogP contribution in [-0.2, 0) is 9.68 Å². The predicted molar refractivity (Wildman–Crippen MR) is 76.4 cm³/mol. The Bertz CT molecular complexity index is 271. The van der Waals surface area contributed by atoms with Gasteiger partial charge in [-0.2, -0.15) is 4.79 Å². The fourth-order valence-electron chi connectivity index (χ4n) is 1.55. The van der Waals surface area contributed by atoms with Crippen molar-refractivity contribution < 1.29 is 34.9 Å². The number of aliphatic hydroxyl groups is 4. The minimum Gasteiger partial charge on any atom is -0.375 e. The fourth-order valence-corrected chi connectivity index (χ4v) is 1.55. The van der Waals surface area contributed by atoms with E-state index in [0.29, 0.717) is 10.1 Å². The maximum atomic E-state index is 11.8. The molecule has 4 atom stereocenters. The Morgan fingerprint density at radius 2 is 0.955 bits per heavy atom. The van der Waals surface area contributed by atoms with Crippen molar-refractivity contribution in [1.29, 1.82) is 0 Å². The molecule has 0 aliphatic heterocycles. The van der Waals surface area contributed by atoms with Gasteiger partial charge in [0.15, 0.2) is 0 Å². The summed E-state index contributed by atoms with van der Waals surface area (Å²) < 4.78 is 0. The van der Waals surface area contributed by atoms with Gasteiger partial charge < -0.3 is 30.1 Å². The minimum absolute atomic E-state index is 0.212.